The average molecular weight is 331 g/mol. The second-order valence-electron chi connectivity index (χ2n) is 5.68. The predicted octanol–water partition coefficient (Wildman–Crippen LogP) is 0.138. The minimum absolute atomic E-state index is 0.0624. The average Bonchev–Trinajstić information content (AvgIpc) is 2.98. The first-order chi connectivity index (χ1) is 11.5. The third kappa shape index (κ3) is 3.35. The summed E-state index contributed by atoms with van der Waals surface area (Å²) >= 11 is 0. The predicted molar refractivity (Wildman–Crippen MR) is 84.5 cm³/mol. The monoisotopic (exact) mass is 331 g/mol. The van der Waals surface area contributed by atoms with Gasteiger partial charge in [0, 0.05) is 18.2 Å². The zero-order valence-electron chi connectivity index (χ0n) is 12.8. The van der Waals surface area contributed by atoms with E-state index in [4.69, 9.17) is 9.84 Å². The number of amides is 1. The van der Waals surface area contributed by atoms with Crippen LogP contribution in [-0.2, 0) is 4.74 Å². The van der Waals surface area contributed by atoms with Crippen molar-refractivity contribution in [2.45, 2.75) is 18.2 Å². The van der Waals surface area contributed by atoms with Gasteiger partial charge in [-0.25, -0.2) is 4.79 Å². The van der Waals surface area contributed by atoms with E-state index < -0.39 is 24.1 Å². The number of ether oxygens (including phenoxy) is 1. The van der Waals surface area contributed by atoms with Gasteiger partial charge in [0.25, 0.3) is 5.91 Å². The van der Waals surface area contributed by atoms with Gasteiger partial charge in [0.15, 0.2) is 0 Å². The van der Waals surface area contributed by atoms with Crippen LogP contribution in [0.4, 0.5) is 5.82 Å². The molecule has 2 aromatic rings. The molecule has 0 saturated carbocycles. The number of carbonyl (C=O) groups excluding carboxylic acids is 1. The van der Waals surface area contributed by atoms with Gasteiger partial charge in [-0.2, -0.15) is 4.98 Å². The van der Waals surface area contributed by atoms with Gasteiger partial charge >= 0.3 is 5.69 Å². The molecule has 1 aliphatic rings. The van der Waals surface area contributed by atoms with Crippen LogP contribution in [0.5, 0.6) is 0 Å². The zero-order valence-corrected chi connectivity index (χ0v) is 12.8. The van der Waals surface area contributed by atoms with Gasteiger partial charge in [0.2, 0.25) is 0 Å². The van der Waals surface area contributed by atoms with E-state index in [1.807, 2.05) is 0 Å². The maximum absolute atomic E-state index is 12.1. The highest BCUT2D eigenvalue weighted by atomic mass is 16.5. The Balaban J connectivity index is 1.74. The molecule has 8 nitrogen and oxygen atoms in total. The molecule has 1 saturated heterocycles. The zero-order chi connectivity index (χ0) is 17.2. The molecule has 0 aliphatic carbocycles. The van der Waals surface area contributed by atoms with E-state index in [9.17, 15) is 14.7 Å². The van der Waals surface area contributed by atoms with E-state index in [0.29, 0.717) is 5.56 Å². The number of carbonyl (C=O) groups is 1. The molecule has 1 fully saturated rings. The number of aliphatic hydroxyl groups is 2. The molecular weight excluding hydrogens is 314 g/mol. The molecule has 1 aromatic heterocycles. The molecule has 3 N–H and O–H groups in total. The number of hydrogen-bond acceptors (Lipinski definition) is 6. The molecule has 2 heterocycles. The first-order valence-corrected chi connectivity index (χ1v) is 7.41. The van der Waals surface area contributed by atoms with Crippen molar-refractivity contribution >= 4 is 11.7 Å². The van der Waals surface area contributed by atoms with Crippen LogP contribution in [0.15, 0.2) is 47.4 Å². The summed E-state index contributed by atoms with van der Waals surface area (Å²) in [4.78, 5) is 28.0. The summed E-state index contributed by atoms with van der Waals surface area (Å²) in [6.07, 6.45) is 0.811. The summed E-state index contributed by atoms with van der Waals surface area (Å²) in [6.45, 7) is -0.510. The second kappa shape index (κ2) is 6.52. The van der Waals surface area contributed by atoms with Gasteiger partial charge in [0.05, 0.1) is 13.2 Å². The van der Waals surface area contributed by atoms with Gasteiger partial charge < -0.3 is 20.3 Å². The van der Waals surface area contributed by atoms with Gasteiger partial charge in [0.1, 0.15) is 17.6 Å². The van der Waals surface area contributed by atoms with Gasteiger partial charge in [-0.15, -0.1) is 0 Å². The van der Waals surface area contributed by atoms with Crippen LogP contribution >= 0.6 is 0 Å². The minimum Gasteiger partial charge on any atom is -0.393 e. The van der Waals surface area contributed by atoms with Crippen LogP contribution in [0.2, 0.25) is 0 Å². The van der Waals surface area contributed by atoms with E-state index in [0.717, 1.165) is 0 Å². The van der Waals surface area contributed by atoms with Crippen LogP contribution in [0, 0.1) is 0 Å². The summed E-state index contributed by atoms with van der Waals surface area (Å²) in [5.41, 5.74) is -1.52. The number of aromatic nitrogens is 2. The Morgan fingerprint density at radius 2 is 2.12 bits per heavy atom. The Labute approximate surface area is 137 Å². The lowest BCUT2D eigenvalue weighted by Crippen LogP contribution is -2.34. The van der Waals surface area contributed by atoms with Crippen LogP contribution in [0.3, 0.4) is 0 Å². The number of rotatable bonds is 4. The highest BCUT2D eigenvalue weighted by molar-refractivity contribution is 6.03. The van der Waals surface area contributed by atoms with Crippen molar-refractivity contribution < 1.29 is 19.7 Å². The van der Waals surface area contributed by atoms with Crippen molar-refractivity contribution in [3.63, 3.8) is 0 Å². The van der Waals surface area contributed by atoms with E-state index in [1.165, 1.54) is 16.8 Å². The molecular formula is C16H17N3O5. The van der Waals surface area contributed by atoms with Crippen LogP contribution in [0.25, 0.3) is 0 Å². The van der Waals surface area contributed by atoms with Crippen molar-refractivity contribution in [2.24, 2.45) is 0 Å². The van der Waals surface area contributed by atoms with Crippen molar-refractivity contribution in [3.05, 3.63) is 58.6 Å². The Morgan fingerprint density at radius 1 is 1.38 bits per heavy atom. The highest BCUT2D eigenvalue weighted by Crippen LogP contribution is 2.29. The Bertz CT molecular complexity index is 792. The number of hydrogen-bond donors (Lipinski definition) is 3. The lowest BCUT2D eigenvalue weighted by atomic mass is 10.0. The number of nitrogens with one attached hydrogen (secondary N) is 1. The highest BCUT2D eigenvalue weighted by Gasteiger charge is 2.39. The molecule has 24 heavy (non-hydrogen) atoms. The molecule has 0 unspecified atom stereocenters. The fourth-order valence-corrected chi connectivity index (χ4v) is 2.46. The molecule has 0 bridgehead atoms. The maximum Gasteiger partial charge on any atom is 0.351 e. The smallest absolute Gasteiger partial charge is 0.351 e. The van der Waals surface area contributed by atoms with Crippen LogP contribution in [-0.4, -0.2) is 44.5 Å². The van der Waals surface area contributed by atoms with Crippen LogP contribution in [0.1, 0.15) is 23.0 Å². The van der Waals surface area contributed by atoms with Gasteiger partial charge in [-0.3, -0.25) is 9.36 Å². The topological polar surface area (TPSA) is 114 Å². The van der Waals surface area contributed by atoms with Crippen molar-refractivity contribution in [1.29, 1.82) is 0 Å². The van der Waals surface area contributed by atoms with E-state index >= 15 is 0 Å². The van der Waals surface area contributed by atoms with Crippen LogP contribution < -0.4 is 11.0 Å². The number of nitrogens with zero attached hydrogens (tertiary/aromatic N) is 2. The lowest BCUT2D eigenvalue weighted by Gasteiger charge is -2.17. The fraction of sp³-hybridized carbons (Fsp3) is 0.312. The van der Waals surface area contributed by atoms with Crippen molar-refractivity contribution in [2.75, 3.05) is 18.5 Å². The molecule has 0 spiro atoms. The van der Waals surface area contributed by atoms with E-state index in [-0.39, 0.29) is 24.8 Å². The quantitative estimate of drug-likeness (QED) is 0.734. The minimum atomic E-state index is -1.36. The Hall–Kier alpha value is -2.55. The van der Waals surface area contributed by atoms with Crippen molar-refractivity contribution in [1.82, 2.24) is 9.55 Å². The van der Waals surface area contributed by atoms with Gasteiger partial charge in [-0.1, -0.05) is 18.2 Å². The summed E-state index contributed by atoms with van der Waals surface area (Å²) in [6, 6.07) is 10.0. The lowest BCUT2D eigenvalue weighted by molar-refractivity contribution is -0.0239. The molecule has 3 rings (SSSR count). The summed E-state index contributed by atoms with van der Waals surface area (Å²) < 4.78 is 6.56. The molecule has 1 aliphatic heterocycles. The Morgan fingerprint density at radius 3 is 2.75 bits per heavy atom. The third-order valence-electron chi connectivity index (χ3n) is 3.81. The number of anilines is 1. The van der Waals surface area contributed by atoms with E-state index in [1.54, 1.807) is 30.3 Å². The number of benzene rings is 1. The normalized spacial score (nSPS) is 23.2. The third-order valence-corrected chi connectivity index (χ3v) is 3.81. The van der Waals surface area contributed by atoms with E-state index in [2.05, 4.69) is 10.3 Å². The first kappa shape index (κ1) is 16.3. The molecule has 8 heteroatoms. The molecule has 126 valence electrons. The Kier molecular flexibility index (Phi) is 4.43. The van der Waals surface area contributed by atoms with Gasteiger partial charge in [-0.05, 0) is 18.2 Å². The summed E-state index contributed by atoms with van der Waals surface area (Å²) in [7, 11) is 0. The molecule has 2 atom stereocenters. The molecule has 1 amide bonds. The molecule has 0 radical (unpaired) electrons. The largest absolute Gasteiger partial charge is 0.393 e. The fourth-order valence-electron chi connectivity index (χ4n) is 2.46. The maximum atomic E-state index is 12.1. The standard InChI is InChI=1S/C16H17N3O5/c20-9-16(23)8-13(24-10-16)19-7-6-12(18-15(19)22)17-14(21)11-4-2-1-3-5-11/h1-7,13,20,23H,8-10H2,(H,17,18,21,22)/t13-,16-/m0/s1. The first-order valence-electron chi connectivity index (χ1n) is 7.41. The summed E-state index contributed by atoms with van der Waals surface area (Å²) in [5, 5.41) is 21.6. The SMILES string of the molecule is O=C(Nc1ccn([C@@H]2C[C@](O)(CO)CO2)c(=O)n1)c1ccccc1. The van der Waals surface area contributed by atoms with Crippen molar-refractivity contribution in [3.8, 4) is 0 Å². The molecule has 1 aromatic carbocycles. The summed E-state index contributed by atoms with van der Waals surface area (Å²) in [5.74, 6) is -0.243. The number of aliphatic hydroxyl groups excluding tert-OH is 1. The second-order valence-corrected chi connectivity index (χ2v) is 5.68.